The second-order valence-corrected chi connectivity index (χ2v) is 6.91. The van der Waals surface area contributed by atoms with Crippen molar-refractivity contribution in [2.45, 2.75) is 51.7 Å². The van der Waals surface area contributed by atoms with Crippen LogP contribution in [0.5, 0.6) is 0 Å². The first-order valence-corrected chi connectivity index (χ1v) is 7.90. The summed E-state index contributed by atoms with van der Waals surface area (Å²) < 4.78 is 0. The van der Waals surface area contributed by atoms with Crippen LogP contribution in [0.25, 0.3) is 0 Å². The molecule has 2 atom stereocenters. The quantitative estimate of drug-likeness (QED) is 0.847. The molecule has 0 aromatic heterocycles. The molecule has 1 N–H and O–H groups in total. The van der Waals surface area contributed by atoms with Crippen LogP contribution in [-0.4, -0.2) is 41.5 Å². The molecule has 0 bridgehead atoms. The van der Waals surface area contributed by atoms with Crippen LogP contribution in [0.15, 0.2) is 30.3 Å². The normalized spacial score (nSPS) is 23.3. The van der Waals surface area contributed by atoms with E-state index < -0.39 is 5.41 Å². The van der Waals surface area contributed by atoms with Gasteiger partial charge in [0, 0.05) is 23.6 Å². The maximum absolute atomic E-state index is 12.7. The smallest absolute Gasteiger partial charge is 0.169 e. The first-order valence-electron chi connectivity index (χ1n) is 7.90. The minimum atomic E-state index is -0.451. The average molecular weight is 289 g/mol. The fourth-order valence-corrected chi connectivity index (χ4v) is 3.40. The Labute approximate surface area is 128 Å². The molecule has 0 amide bonds. The molecule has 1 fully saturated rings. The number of aliphatic hydroxyl groups is 1. The molecule has 0 spiro atoms. The van der Waals surface area contributed by atoms with Crippen LogP contribution in [0.1, 0.15) is 49.9 Å². The number of ketones is 1. The van der Waals surface area contributed by atoms with Crippen LogP contribution in [0, 0.1) is 5.41 Å². The first-order chi connectivity index (χ1) is 9.92. The lowest BCUT2D eigenvalue weighted by Crippen LogP contribution is -2.48. The zero-order valence-electron chi connectivity index (χ0n) is 13.4. The zero-order chi connectivity index (χ0) is 15.5. The molecular formula is C18H27NO2. The standard InChI is InChI=1S/C18H27NO2/c1-18(2,17(21)14-9-5-4-6-10-14)13-19(3)15-11-7-8-12-16(15)20/h4-6,9-10,15-16,20H,7-8,11-13H2,1-3H3. The van der Waals surface area contributed by atoms with Gasteiger partial charge < -0.3 is 5.11 Å². The minimum absolute atomic E-state index is 0.167. The van der Waals surface area contributed by atoms with E-state index in [0.29, 0.717) is 6.54 Å². The van der Waals surface area contributed by atoms with Crippen molar-refractivity contribution in [3.63, 3.8) is 0 Å². The SMILES string of the molecule is CN(CC(C)(C)C(=O)c1ccccc1)C1CCCCC1O. The molecule has 1 aromatic carbocycles. The van der Waals surface area contributed by atoms with Crippen molar-refractivity contribution in [3.8, 4) is 0 Å². The van der Waals surface area contributed by atoms with E-state index in [0.717, 1.165) is 24.8 Å². The third-order valence-corrected chi connectivity index (χ3v) is 4.56. The Morgan fingerprint density at radius 3 is 2.48 bits per heavy atom. The number of aliphatic hydroxyl groups excluding tert-OH is 1. The van der Waals surface area contributed by atoms with Gasteiger partial charge >= 0.3 is 0 Å². The van der Waals surface area contributed by atoms with Crippen LogP contribution in [0.3, 0.4) is 0 Å². The van der Waals surface area contributed by atoms with Crippen LogP contribution >= 0.6 is 0 Å². The number of carbonyl (C=O) groups excluding carboxylic acids is 1. The maximum Gasteiger partial charge on any atom is 0.169 e. The summed E-state index contributed by atoms with van der Waals surface area (Å²) in [5.74, 6) is 0.167. The second-order valence-electron chi connectivity index (χ2n) is 6.91. The predicted molar refractivity (Wildman–Crippen MR) is 85.4 cm³/mol. The number of benzene rings is 1. The van der Waals surface area contributed by atoms with Gasteiger partial charge in [-0.05, 0) is 19.9 Å². The Balaban J connectivity index is 2.04. The molecule has 2 unspecified atom stereocenters. The number of Topliss-reactive ketones (excluding diaryl/α,β-unsaturated/α-hetero) is 1. The molecule has 0 heterocycles. The lowest BCUT2D eigenvalue weighted by molar-refractivity contribution is 0.0174. The number of hydrogen-bond acceptors (Lipinski definition) is 3. The highest BCUT2D eigenvalue weighted by atomic mass is 16.3. The van der Waals surface area contributed by atoms with Gasteiger partial charge in [0.1, 0.15) is 0 Å². The Kier molecular flexibility index (Phi) is 5.17. The molecule has 116 valence electrons. The zero-order valence-corrected chi connectivity index (χ0v) is 13.4. The number of rotatable bonds is 5. The van der Waals surface area contributed by atoms with Crippen molar-refractivity contribution >= 4 is 5.78 Å². The molecule has 21 heavy (non-hydrogen) atoms. The van der Waals surface area contributed by atoms with Crippen molar-refractivity contribution in [1.29, 1.82) is 0 Å². The molecule has 1 aromatic rings. The topological polar surface area (TPSA) is 40.5 Å². The van der Waals surface area contributed by atoms with E-state index >= 15 is 0 Å². The molecular weight excluding hydrogens is 262 g/mol. The number of hydrogen-bond donors (Lipinski definition) is 1. The Hall–Kier alpha value is -1.19. The third kappa shape index (κ3) is 3.92. The van der Waals surface area contributed by atoms with E-state index in [1.54, 1.807) is 0 Å². The van der Waals surface area contributed by atoms with Gasteiger partial charge in [-0.15, -0.1) is 0 Å². The summed E-state index contributed by atoms with van der Waals surface area (Å²) in [5.41, 5.74) is 0.313. The van der Waals surface area contributed by atoms with Gasteiger partial charge in [-0.1, -0.05) is 57.0 Å². The molecule has 1 aliphatic rings. The van der Waals surface area contributed by atoms with E-state index in [-0.39, 0.29) is 17.9 Å². The molecule has 1 aliphatic carbocycles. The lowest BCUT2D eigenvalue weighted by Gasteiger charge is -2.39. The summed E-state index contributed by atoms with van der Waals surface area (Å²) in [4.78, 5) is 14.8. The summed E-state index contributed by atoms with van der Waals surface area (Å²) >= 11 is 0. The van der Waals surface area contributed by atoms with Gasteiger partial charge in [0.2, 0.25) is 0 Å². The molecule has 0 saturated heterocycles. The summed E-state index contributed by atoms with van der Waals surface area (Å²) in [7, 11) is 2.03. The number of likely N-dealkylation sites (N-methyl/N-ethyl adjacent to an activating group) is 1. The van der Waals surface area contributed by atoms with Crippen LogP contribution in [0.4, 0.5) is 0 Å². The molecule has 3 nitrogen and oxygen atoms in total. The van der Waals surface area contributed by atoms with Gasteiger partial charge in [0.05, 0.1) is 6.10 Å². The molecule has 2 rings (SSSR count). The van der Waals surface area contributed by atoms with Crippen molar-refractivity contribution in [2.75, 3.05) is 13.6 Å². The fraction of sp³-hybridized carbons (Fsp3) is 0.611. The highest BCUT2D eigenvalue weighted by Crippen LogP contribution is 2.28. The van der Waals surface area contributed by atoms with Crippen molar-refractivity contribution in [2.24, 2.45) is 5.41 Å². The average Bonchev–Trinajstić information content (AvgIpc) is 2.47. The van der Waals surface area contributed by atoms with Gasteiger partial charge in [-0.2, -0.15) is 0 Å². The fourth-order valence-electron chi connectivity index (χ4n) is 3.40. The number of carbonyl (C=O) groups is 1. The van der Waals surface area contributed by atoms with Gasteiger partial charge in [-0.25, -0.2) is 0 Å². The monoisotopic (exact) mass is 289 g/mol. The molecule has 1 saturated carbocycles. The van der Waals surface area contributed by atoms with Crippen LogP contribution < -0.4 is 0 Å². The maximum atomic E-state index is 12.7. The van der Waals surface area contributed by atoms with Crippen molar-refractivity contribution in [3.05, 3.63) is 35.9 Å². The number of nitrogens with zero attached hydrogens (tertiary/aromatic N) is 1. The van der Waals surface area contributed by atoms with Crippen LogP contribution in [0.2, 0.25) is 0 Å². The lowest BCUT2D eigenvalue weighted by atomic mass is 9.82. The van der Waals surface area contributed by atoms with E-state index in [1.807, 2.05) is 51.2 Å². The third-order valence-electron chi connectivity index (χ3n) is 4.56. The van der Waals surface area contributed by atoms with E-state index in [9.17, 15) is 9.90 Å². The second kappa shape index (κ2) is 6.71. The van der Waals surface area contributed by atoms with E-state index in [2.05, 4.69) is 4.90 Å². The van der Waals surface area contributed by atoms with Gasteiger partial charge in [0.15, 0.2) is 5.78 Å². The van der Waals surface area contributed by atoms with Crippen molar-refractivity contribution in [1.82, 2.24) is 4.90 Å². The van der Waals surface area contributed by atoms with Gasteiger partial charge in [-0.3, -0.25) is 9.69 Å². The van der Waals surface area contributed by atoms with Crippen LogP contribution in [-0.2, 0) is 0 Å². The van der Waals surface area contributed by atoms with E-state index in [1.165, 1.54) is 6.42 Å². The predicted octanol–water partition coefficient (Wildman–Crippen LogP) is 3.13. The van der Waals surface area contributed by atoms with E-state index in [4.69, 9.17) is 0 Å². The van der Waals surface area contributed by atoms with Gasteiger partial charge in [0.25, 0.3) is 0 Å². The Morgan fingerprint density at radius 1 is 1.24 bits per heavy atom. The summed E-state index contributed by atoms with van der Waals surface area (Å²) in [5, 5.41) is 10.2. The first kappa shape index (κ1) is 16.2. The highest BCUT2D eigenvalue weighted by molar-refractivity contribution is 6.00. The minimum Gasteiger partial charge on any atom is -0.391 e. The molecule has 0 radical (unpaired) electrons. The van der Waals surface area contributed by atoms with Crippen molar-refractivity contribution < 1.29 is 9.90 Å². The summed E-state index contributed by atoms with van der Waals surface area (Å²) in [6, 6.07) is 9.66. The Morgan fingerprint density at radius 2 is 1.86 bits per heavy atom. The Bertz CT molecular complexity index is 469. The largest absolute Gasteiger partial charge is 0.391 e. The summed E-state index contributed by atoms with van der Waals surface area (Å²) in [6.45, 7) is 4.66. The molecule has 3 heteroatoms. The molecule has 0 aliphatic heterocycles. The highest BCUT2D eigenvalue weighted by Gasteiger charge is 2.34. The summed E-state index contributed by atoms with van der Waals surface area (Å²) in [6.07, 6.45) is 3.91.